The van der Waals surface area contributed by atoms with Gasteiger partial charge in [-0.1, -0.05) is 46.8 Å². The summed E-state index contributed by atoms with van der Waals surface area (Å²) in [5.74, 6) is 1.35. The summed E-state index contributed by atoms with van der Waals surface area (Å²) in [6.45, 7) is 10.9. The van der Waals surface area contributed by atoms with Crippen molar-refractivity contribution < 1.29 is 4.39 Å². The van der Waals surface area contributed by atoms with E-state index in [0.29, 0.717) is 11.3 Å². The highest BCUT2D eigenvalue weighted by atomic mass is 19.1. The Morgan fingerprint density at radius 1 is 1.00 bits per heavy atom. The maximum Gasteiger partial charge on any atom is 0.123 e. The summed E-state index contributed by atoms with van der Waals surface area (Å²) in [6, 6.07) is 7.00. The Kier molecular flexibility index (Phi) is 4.73. The largest absolute Gasteiger partial charge is 0.207 e. The van der Waals surface area contributed by atoms with Crippen LogP contribution >= 0.6 is 0 Å². The lowest BCUT2D eigenvalue weighted by Crippen LogP contribution is -2.32. The molecule has 0 spiro atoms. The molecule has 0 aromatic heterocycles. The van der Waals surface area contributed by atoms with Gasteiger partial charge in [-0.05, 0) is 47.8 Å². The minimum atomic E-state index is -0.134. The van der Waals surface area contributed by atoms with Crippen molar-refractivity contribution in [2.75, 3.05) is 0 Å². The number of hydrogen-bond donors (Lipinski definition) is 0. The first kappa shape index (κ1) is 14.2. The maximum absolute atomic E-state index is 12.7. The van der Waals surface area contributed by atoms with E-state index in [1.54, 1.807) is 12.1 Å². The second kappa shape index (κ2) is 5.66. The average molecular weight is 236 g/mol. The van der Waals surface area contributed by atoms with Gasteiger partial charge in [0.05, 0.1) is 0 Å². The van der Waals surface area contributed by atoms with Gasteiger partial charge in [-0.15, -0.1) is 0 Å². The molecule has 1 aromatic carbocycles. The minimum Gasteiger partial charge on any atom is -0.207 e. The van der Waals surface area contributed by atoms with Crippen molar-refractivity contribution in [3.05, 3.63) is 35.6 Å². The SMILES string of the molecule is CC.CC(C)(C)C1CC(c2ccc(F)cc2)C1. The van der Waals surface area contributed by atoms with Gasteiger partial charge < -0.3 is 0 Å². The molecule has 2 rings (SSSR count). The molecule has 0 unspecified atom stereocenters. The smallest absolute Gasteiger partial charge is 0.123 e. The molecular weight excluding hydrogens is 211 g/mol. The zero-order valence-electron chi connectivity index (χ0n) is 11.8. The monoisotopic (exact) mass is 236 g/mol. The van der Waals surface area contributed by atoms with Crippen molar-refractivity contribution in [3.63, 3.8) is 0 Å². The summed E-state index contributed by atoms with van der Waals surface area (Å²) < 4.78 is 12.7. The van der Waals surface area contributed by atoms with E-state index in [-0.39, 0.29) is 5.82 Å². The second-order valence-electron chi connectivity index (χ2n) is 5.78. The zero-order chi connectivity index (χ0) is 13.1. The van der Waals surface area contributed by atoms with Gasteiger partial charge >= 0.3 is 0 Å². The summed E-state index contributed by atoms with van der Waals surface area (Å²) in [5, 5.41) is 0. The molecule has 1 saturated carbocycles. The third-order valence-electron chi connectivity index (χ3n) is 3.70. The standard InChI is InChI=1S/C14H19F.C2H6/c1-14(2,3)12-8-11(9-12)10-4-6-13(15)7-5-10;1-2/h4-7,11-12H,8-9H2,1-3H3;1-2H3. The summed E-state index contributed by atoms with van der Waals surface area (Å²) in [6.07, 6.45) is 2.52. The summed E-state index contributed by atoms with van der Waals surface area (Å²) in [5.41, 5.74) is 1.73. The van der Waals surface area contributed by atoms with Gasteiger partial charge in [0.2, 0.25) is 0 Å². The van der Waals surface area contributed by atoms with Gasteiger partial charge in [-0.25, -0.2) is 4.39 Å². The van der Waals surface area contributed by atoms with Crippen LogP contribution in [0.25, 0.3) is 0 Å². The molecule has 0 N–H and O–H groups in total. The number of benzene rings is 1. The lowest BCUT2D eigenvalue weighted by atomic mass is 9.61. The molecule has 0 nitrogen and oxygen atoms in total. The normalized spacial score (nSPS) is 23.4. The molecular formula is C16H25F. The highest BCUT2D eigenvalue weighted by Gasteiger charge is 2.37. The summed E-state index contributed by atoms with van der Waals surface area (Å²) in [7, 11) is 0. The van der Waals surface area contributed by atoms with E-state index in [4.69, 9.17) is 0 Å². The molecule has 1 aliphatic carbocycles. The van der Waals surface area contributed by atoms with Crippen molar-refractivity contribution in [2.45, 2.75) is 53.4 Å². The van der Waals surface area contributed by atoms with E-state index in [1.165, 1.54) is 18.4 Å². The van der Waals surface area contributed by atoms with E-state index in [2.05, 4.69) is 20.8 Å². The zero-order valence-corrected chi connectivity index (χ0v) is 11.8. The fraction of sp³-hybridized carbons (Fsp3) is 0.625. The Morgan fingerprint density at radius 2 is 1.47 bits per heavy atom. The van der Waals surface area contributed by atoms with E-state index in [1.807, 2.05) is 26.0 Å². The molecule has 1 aromatic rings. The van der Waals surface area contributed by atoms with Crippen LogP contribution in [0, 0.1) is 17.2 Å². The molecule has 0 radical (unpaired) electrons. The Bertz CT molecular complexity index is 326. The Labute approximate surface area is 105 Å². The Balaban J connectivity index is 0.000000686. The third-order valence-corrected chi connectivity index (χ3v) is 3.70. The van der Waals surface area contributed by atoms with Crippen LogP contribution in [-0.2, 0) is 0 Å². The van der Waals surface area contributed by atoms with Gasteiger partial charge in [-0.2, -0.15) is 0 Å². The molecule has 0 amide bonds. The summed E-state index contributed by atoms with van der Waals surface area (Å²) >= 11 is 0. The van der Waals surface area contributed by atoms with Crippen molar-refractivity contribution >= 4 is 0 Å². The first-order valence-electron chi connectivity index (χ1n) is 6.72. The quantitative estimate of drug-likeness (QED) is 0.613. The lowest BCUT2D eigenvalue weighted by molar-refractivity contribution is 0.115. The van der Waals surface area contributed by atoms with Gasteiger partial charge in [0.25, 0.3) is 0 Å². The van der Waals surface area contributed by atoms with Gasteiger partial charge in [0, 0.05) is 0 Å². The van der Waals surface area contributed by atoms with Crippen LogP contribution in [0.4, 0.5) is 4.39 Å². The highest BCUT2D eigenvalue weighted by Crippen LogP contribution is 2.49. The number of halogens is 1. The third kappa shape index (κ3) is 3.55. The molecule has 1 heteroatoms. The van der Waals surface area contributed by atoms with Crippen molar-refractivity contribution in [1.29, 1.82) is 0 Å². The van der Waals surface area contributed by atoms with E-state index in [9.17, 15) is 4.39 Å². The van der Waals surface area contributed by atoms with E-state index >= 15 is 0 Å². The Morgan fingerprint density at radius 3 is 1.88 bits per heavy atom. The number of hydrogen-bond acceptors (Lipinski definition) is 0. The molecule has 0 aliphatic heterocycles. The topological polar surface area (TPSA) is 0 Å². The van der Waals surface area contributed by atoms with Crippen molar-refractivity contribution in [2.24, 2.45) is 11.3 Å². The molecule has 0 saturated heterocycles. The fourth-order valence-corrected chi connectivity index (χ4v) is 2.33. The Hall–Kier alpha value is -0.850. The van der Waals surface area contributed by atoms with E-state index in [0.717, 1.165) is 5.92 Å². The van der Waals surface area contributed by atoms with Gasteiger partial charge in [0.15, 0.2) is 0 Å². The van der Waals surface area contributed by atoms with Gasteiger partial charge in [-0.3, -0.25) is 0 Å². The van der Waals surface area contributed by atoms with Crippen molar-refractivity contribution in [3.8, 4) is 0 Å². The molecule has 0 heterocycles. The van der Waals surface area contributed by atoms with Crippen molar-refractivity contribution in [1.82, 2.24) is 0 Å². The van der Waals surface area contributed by atoms with Gasteiger partial charge in [0.1, 0.15) is 5.82 Å². The van der Waals surface area contributed by atoms with Crippen LogP contribution in [0.5, 0.6) is 0 Å². The van der Waals surface area contributed by atoms with Crippen LogP contribution in [0.1, 0.15) is 58.9 Å². The van der Waals surface area contributed by atoms with Crippen LogP contribution in [0.15, 0.2) is 24.3 Å². The van der Waals surface area contributed by atoms with Crippen LogP contribution in [0.3, 0.4) is 0 Å². The van der Waals surface area contributed by atoms with Crippen LogP contribution in [0.2, 0.25) is 0 Å². The maximum atomic E-state index is 12.7. The highest BCUT2D eigenvalue weighted by molar-refractivity contribution is 5.23. The first-order chi connectivity index (χ1) is 7.97. The fourth-order valence-electron chi connectivity index (χ4n) is 2.33. The van der Waals surface area contributed by atoms with Crippen LogP contribution < -0.4 is 0 Å². The minimum absolute atomic E-state index is 0.134. The molecule has 1 fully saturated rings. The molecule has 17 heavy (non-hydrogen) atoms. The first-order valence-corrected chi connectivity index (χ1v) is 6.72. The lowest BCUT2D eigenvalue weighted by Gasteiger charge is -2.44. The predicted octanol–water partition coefficient (Wildman–Crippen LogP) is 5.39. The molecule has 0 bridgehead atoms. The van der Waals surface area contributed by atoms with Crippen LogP contribution in [-0.4, -0.2) is 0 Å². The molecule has 1 aliphatic rings. The second-order valence-corrected chi connectivity index (χ2v) is 5.78. The average Bonchev–Trinajstić information content (AvgIpc) is 2.20. The number of rotatable bonds is 1. The molecule has 96 valence electrons. The van der Waals surface area contributed by atoms with E-state index < -0.39 is 0 Å². The summed E-state index contributed by atoms with van der Waals surface area (Å²) in [4.78, 5) is 0. The molecule has 0 atom stereocenters. The predicted molar refractivity (Wildman–Crippen MR) is 72.7 cm³/mol.